The number of carbonyl (C=O) groups excluding carboxylic acids is 1. The van der Waals surface area contributed by atoms with E-state index in [4.69, 9.17) is 0 Å². The van der Waals surface area contributed by atoms with Gasteiger partial charge in [-0.2, -0.15) is 0 Å². The van der Waals surface area contributed by atoms with E-state index < -0.39 is 0 Å². The predicted molar refractivity (Wildman–Crippen MR) is 61.0 cm³/mol. The van der Waals surface area contributed by atoms with Crippen molar-refractivity contribution in [2.75, 3.05) is 4.90 Å². The molecule has 3 nitrogen and oxygen atoms in total. The summed E-state index contributed by atoms with van der Waals surface area (Å²) in [6.07, 6.45) is 1.68. The highest BCUT2D eigenvalue weighted by Crippen LogP contribution is 2.19. The molecule has 1 heterocycles. The van der Waals surface area contributed by atoms with Gasteiger partial charge in [0.25, 0.3) is 5.24 Å². The van der Waals surface area contributed by atoms with Gasteiger partial charge in [-0.05, 0) is 32.4 Å². The molecular weight excluding hydrogens is 196 g/mol. The number of rotatable bonds is 2. The maximum Gasteiger partial charge on any atom is 0.284 e. The third-order valence-corrected chi connectivity index (χ3v) is 2.15. The largest absolute Gasteiger partial charge is 0.285 e. The molecular formula is C10H14N2OS. The molecule has 0 saturated carbocycles. The van der Waals surface area contributed by atoms with Crippen molar-refractivity contribution in [3.05, 3.63) is 23.9 Å². The molecule has 0 spiro atoms. The molecule has 4 heteroatoms. The van der Waals surface area contributed by atoms with Crippen LogP contribution in [0.4, 0.5) is 10.6 Å². The Hall–Kier alpha value is -1.03. The number of pyridine rings is 1. The van der Waals surface area contributed by atoms with Gasteiger partial charge in [-0.15, -0.1) is 0 Å². The lowest BCUT2D eigenvalue weighted by atomic mass is 10.2. The van der Waals surface area contributed by atoms with Crippen molar-refractivity contribution in [2.45, 2.75) is 26.8 Å². The summed E-state index contributed by atoms with van der Waals surface area (Å²) in [6, 6.07) is 3.84. The molecule has 0 unspecified atom stereocenters. The number of hydrogen-bond donors (Lipinski definition) is 1. The average molecular weight is 210 g/mol. The summed E-state index contributed by atoms with van der Waals surface area (Å²) in [4.78, 5) is 17.0. The first-order valence-corrected chi connectivity index (χ1v) is 4.92. The molecule has 0 radical (unpaired) electrons. The van der Waals surface area contributed by atoms with E-state index in [1.807, 2.05) is 32.9 Å². The van der Waals surface area contributed by atoms with Gasteiger partial charge in [-0.1, -0.05) is 18.7 Å². The summed E-state index contributed by atoms with van der Waals surface area (Å²) in [6.45, 7) is 5.79. The van der Waals surface area contributed by atoms with Gasteiger partial charge in [-0.3, -0.25) is 9.69 Å². The zero-order chi connectivity index (χ0) is 10.7. The van der Waals surface area contributed by atoms with Gasteiger partial charge in [0.15, 0.2) is 0 Å². The fourth-order valence-corrected chi connectivity index (χ4v) is 1.61. The highest BCUT2D eigenvalue weighted by Gasteiger charge is 2.18. The Morgan fingerprint density at radius 3 is 2.64 bits per heavy atom. The first-order chi connectivity index (χ1) is 6.54. The van der Waals surface area contributed by atoms with E-state index in [1.54, 1.807) is 11.1 Å². The minimum Gasteiger partial charge on any atom is -0.285 e. The SMILES string of the molecule is Cc1cccnc1N(C(=O)S)C(C)C. The second kappa shape index (κ2) is 4.46. The summed E-state index contributed by atoms with van der Waals surface area (Å²) < 4.78 is 0. The van der Waals surface area contributed by atoms with Crippen molar-refractivity contribution in [2.24, 2.45) is 0 Å². The van der Waals surface area contributed by atoms with E-state index in [2.05, 4.69) is 17.6 Å². The van der Waals surface area contributed by atoms with Gasteiger partial charge in [0, 0.05) is 12.2 Å². The Balaban J connectivity index is 3.12. The normalized spacial score (nSPS) is 10.4. The van der Waals surface area contributed by atoms with E-state index in [0.29, 0.717) is 5.82 Å². The molecule has 0 N–H and O–H groups in total. The molecule has 1 amide bonds. The smallest absolute Gasteiger partial charge is 0.284 e. The van der Waals surface area contributed by atoms with Gasteiger partial charge in [0.1, 0.15) is 5.82 Å². The van der Waals surface area contributed by atoms with Crippen molar-refractivity contribution in [1.29, 1.82) is 0 Å². The van der Waals surface area contributed by atoms with Crippen LogP contribution < -0.4 is 4.90 Å². The highest BCUT2D eigenvalue weighted by molar-refractivity contribution is 7.96. The summed E-state index contributed by atoms with van der Waals surface area (Å²) in [7, 11) is 0. The standard InChI is InChI=1S/C10H14N2OS/c1-7(2)12(10(13)14)9-8(3)5-4-6-11-9/h4-7H,1-3H3,(H,13,14). The van der Waals surface area contributed by atoms with Crippen molar-refractivity contribution >= 4 is 23.7 Å². The van der Waals surface area contributed by atoms with E-state index in [9.17, 15) is 4.79 Å². The Kier molecular flexibility index (Phi) is 3.52. The molecule has 0 atom stereocenters. The first-order valence-electron chi connectivity index (χ1n) is 4.47. The van der Waals surface area contributed by atoms with Crippen molar-refractivity contribution in [3.8, 4) is 0 Å². The van der Waals surface area contributed by atoms with Crippen molar-refractivity contribution < 1.29 is 4.79 Å². The van der Waals surface area contributed by atoms with Crippen LogP contribution in [-0.4, -0.2) is 16.3 Å². The van der Waals surface area contributed by atoms with Gasteiger partial charge in [0.2, 0.25) is 0 Å². The Morgan fingerprint density at radius 2 is 2.21 bits per heavy atom. The lowest BCUT2D eigenvalue weighted by Crippen LogP contribution is -2.34. The molecule has 0 aromatic carbocycles. The molecule has 0 aliphatic rings. The van der Waals surface area contributed by atoms with E-state index in [1.165, 1.54) is 0 Å². The number of thiol groups is 1. The number of hydrogen-bond acceptors (Lipinski definition) is 2. The van der Waals surface area contributed by atoms with Crippen LogP contribution >= 0.6 is 12.6 Å². The zero-order valence-corrected chi connectivity index (χ0v) is 9.45. The Morgan fingerprint density at radius 1 is 1.57 bits per heavy atom. The number of aromatic nitrogens is 1. The molecule has 0 aliphatic heterocycles. The monoisotopic (exact) mass is 210 g/mol. The third kappa shape index (κ3) is 2.26. The predicted octanol–water partition coefficient (Wildman–Crippen LogP) is 2.65. The van der Waals surface area contributed by atoms with Crippen LogP contribution in [0.2, 0.25) is 0 Å². The first kappa shape index (κ1) is 11.0. The van der Waals surface area contributed by atoms with Crippen molar-refractivity contribution in [1.82, 2.24) is 4.98 Å². The van der Waals surface area contributed by atoms with Crippen LogP contribution in [0.25, 0.3) is 0 Å². The number of nitrogens with zero attached hydrogens (tertiary/aromatic N) is 2. The van der Waals surface area contributed by atoms with Gasteiger partial charge in [0.05, 0.1) is 0 Å². The maximum atomic E-state index is 11.3. The second-order valence-corrected chi connectivity index (χ2v) is 3.77. The third-order valence-electron chi connectivity index (χ3n) is 1.93. The highest BCUT2D eigenvalue weighted by atomic mass is 32.1. The number of carbonyl (C=O) groups is 1. The molecule has 0 saturated heterocycles. The molecule has 0 bridgehead atoms. The fourth-order valence-electron chi connectivity index (χ4n) is 1.29. The van der Waals surface area contributed by atoms with Crippen LogP contribution in [0.5, 0.6) is 0 Å². The van der Waals surface area contributed by atoms with Crippen molar-refractivity contribution in [3.63, 3.8) is 0 Å². The summed E-state index contributed by atoms with van der Waals surface area (Å²) in [5.74, 6) is 0.683. The van der Waals surface area contributed by atoms with Crippen LogP contribution in [-0.2, 0) is 0 Å². The number of anilines is 1. The second-order valence-electron chi connectivity index (χ2n) is 3.39. The van der Waals surface area contributed by atoms with E-state index in [0.717, 1.165) is 5.56 Å². The molecule has 0 aliphatic carbocycles. The molecule has 1 rings (SSSR count). The summed E-state index contributed by atoms with van der Waals surface area (Å²) in [5, 5.41) is -0.276. The number of amides is 1. The molecule has 0 fully saturated rings. The molecule has 14 heavy (non-hydrogen) atoms. The quantitative estimate of drug-likeness (QED) is 0.761. The molecule has 76 valence electrons. The topological polar surface area (TPSA) is 33.2 Å². The maximum absolute atomic E-state index is 11.3. The minimum atomic E-state index is -0.276. The van der Waals surface area contributed by atoms with Crippen LogP contribution in [0, 0.1) is 6.92 Å². The minimum absolute atomic E-state index is 0.0635. The van der Waals surface area contributed by atoms with Crippen LogP contribution in [0.3, 0.4) is 0 Å². The van der Waals surface area contributed by atoms with E-state index >= 15 is 0 Å². The Labute approximate surface area is 89.6 Å². The zero-order valence-electron chi connectivity index (χ0n) is 8.56. The van der Waals surface area contributed by atoms with Crippen LogP contribution in [0.15, 0.2) is 18.3 Å². The molecule has 1 aromatic heterocycles. The van der Waals surface area contributed by atoms with E-state index in [-0.39, 0.29) is 11.3 Å². The lowest BCUT2D eigenvalue weighted by molar-refractivity contribution is 0.264. The average Bonchev–Trinajstić information content (AvgIpc) is 2.07. The fraction of sp³-hybridized carbons (Fsp3) is 0.400. The van der Waals surface area contributed by atoms with Gasteiger partial charge >= 0.3 is 0 Å². The number of aryl methyl sites for hydroxylation is 1. The summed E-state index contributed by atoms with van der Waals surface area (Å²) in [5.41, 5.74) is 0.976. The Bertz CT molecular complexity index is 339. The summed E-state index contributed by atoms with van der Waals surface area (Å²) >= 11 is 3.84. The molecule has 1 aromatic rings. The van der Waals surface area contributed by atoms with Gasteiger partial charge in [-0.25, -0.2) is 4.98 Å². The lowest BCUT2D eigenvalue weighted by Gasteiger charge is -2.24. The van der Waals surface area contributed by atoms with Crippen LogP contribution in [0.1, 0.15) is 19.4 Å². The van der Waals surface area contributed by atoms with Gasteiger partial charge < -0.3 is 0 Å².